The minimum Gasteiger partial charge on any atom is -0.504 e. The molecule has 0 aliphatic carbocycles. The smallest absolute Gasteiger partial charge is 0.177 e. The van der Waals surface area contributed by atoms with Gasteiger partial charge in [-0.2, -0.15) is 10.5 Å². The molecule has 100 valence electrons. The molecule has 1 rings (SSSR count). The third kappa shape index (κ3) is 3.53. The monoisotopic (exact) mass is 259 g/mol. The molecule has 0 saturated heterocycles. The highest BCUT2D eigenvalue weighted by Crippen LogP contribution is 2.36. The highest BCUT2D eigenvalue weighted by atomic mass is 16.3. The van der Waals surface area contributed by atoms with Crippen LogP contribution < -0.4 is 5.32 Å². The lowest BCUT2D eigenvalue weighted by atomic mass is 10.1. The van der Waals surface area contributed by atoms with Gasteiger partial charge >= 0.3 is 0 Å². The van der Waals surface area contributed by atoms with Gasteiger partial charge in [0.05, 0.1) is 11.3 Å². The molecule has 5 heteroatoms. The largest absolute Gasteiger partial charge is 0.504 e. The highest BCUT2D eigenvalue weighted by molar-refractivity contribution is 5.74. The lowest BCUT2D eigenvalue weighted by Gasteiger charge is -2.12. The predicted molar refractivity (Wildman–Crippen MR) is 71.8 cm³/mol. The second kappa shape index (κ2) is 7.13. The van der Waals surface area contributed by atoms with Crippen LogP contribution in [0, 0.1) is 22.7 Å². The fraction of sp³-hybridized carbons (Fsp3) is 0.429. The molecule has 0 heterocycles. The van der Waals surface area contributed by atoms with Crippen LogP contribution in [-0.2, 0) is 0 Å². The Morgan fingerprint density at radius 1 is 1.16 bits per heavy atom. The van der Waals surface area contributed by atoms with Crippen molar-refractivity contribution in [3.05, 3.63) is 17.2 Å². The quantitative estimate of drug-likeness (QED) is 0.414. The van der Waals surface area contributed by atoms with Gasteiger partial charge in [-0.15, -0.1) is 0 Å². The van der Waals surface area contributed by atoms with Gasteiger partial charge in [0.1, 0.15) is 17.7 Å². The van der Waals surface area contributed by atoms with Crippen LogP contribution in [0.15, 0.2) is 6.07 Å². The summed E-state index contributed by atoms with van der Waals surface area (Å²) in [6.07, 6.45) is 4.26. The summed E-state index contributed by atoms with van der Waals surface area (Å²) < 4.78 is 0. The van der Waals surface area contributed by atoms with Crippen molar-refractivity contribution < 1.29 is 10.2 Å². The number of phenols is 2. The molecule has 3 N–H and O–H groups in total. The van der Waals surface area contributed by atoms with Crippen molar-refractivity contribution in [3.63, 3.8) is 0 Å². The van der Waals surface area contributed by atoms with E-state index in [2.05, 4.69) is 12.2 Å². The van der Waals surface area contributed by atoms with Crippen LogP contribution in [0.25, 0.3) is 0 Å². The maximum atomic E-state index is 9.62. The molecule has 0 spiro atoms. The Morgan fingerprint density at radius 2 is 1.89 bits per heavy atom. The summed E-state index contributed by atoms with van der Waals surface area (Å²) in [6.45, 7) is 2.74. The van der Waals surface area contributed by atoms with Crippen molar-refractivity contribution in [2.24, 2.45) is 0 Å². The average Bonchev–Trinajstić information content (AvgIpc) is 2.42. The second-order valence-corrected chi connectivity index (χ2v) is 4.25. The number of phenolic OH excluding ortho intramolecular Hbond substituents is 2. The Balaban J connectivity index is 2.90. The van der Waals surface area contributed by atoms with Gasteiger partial charge in [0.15, 0.2) is 11.5 Å². The van der Waals surface area contributed by atoms with Crippen LogP contribution in [0.4, 0.5) is 5.69 Å². The van der Waals surface area contributed by atoms with E-state index in [1.165, 1.54) is 0 Å². The van der Waals surface area contributed by atoms with Crippen molar-refractivity contribution in [1.29, 1.82) is 10.5 Å². The van der Waals surface area contributed by atoms with E-state index in [-0.39, 0.29) is 16.8 Å². The number of nitrogens with zero attached hydrogens (tertiary/aromatic N) is 2. The number of benzene rings is 1. The van der Waals surface area contributed by atoms with E-state index >= 15 is 0 Å². The summed E-state index contributed by atoms with van der Waals surface area (Å²) >= 11 is 0. The summed E-state index contributed by atoms with van der Waals surface area (Å²) in [6, 6.07) is 4.87. The molecule has 0 saturated carbocycles. The fourth-order valence-corrected chi connectivity index (χ4v) is 1.80. The van der Waals surface area contributed by atoms with E-state index in [9.17, 15) is 10.2 Å². The summed E-state index contributed by atoms with van der Waals surface area (Å²) in [5.41, 5.74) is 0.353. The number of aromatic hydroxyl groups is 2. The van der Waals surface area contributed by atoms with E-state index in [1.807, 2.05) is 12.1 Å². The zero-order valence-electron chi connectivity index (χ0n) is 10.9. The van der Waals surface area contributed by atoms with Crippen LogP contribution in [0.3, 0.4) is 0 Å². The standard InChI is InChI=1S/C14H17N3O2/c1-2-3-4-5-6-17-13-10(8-15)7-12(18)14(19)11(13)9-16/h7,17-19H,2-6H2,1H3. The van der Waals surface area contributed by atoms with Crippen LogP contribution in [0.1, 0.15) is 43.7 Å². The number of anilines is 1. The molecular formula is C14H17N3O2. The van der Waals surface area contributed by atoms with Crippen molar-refractivity contribution in [2.45, 2.75) is 32.6 Å². The molecule has 1 aromatic rings. The van der Waals surface area contributed by atoms with E-state index in [0.29, 0.717) is 6.54 Å². The highest BCUT2D eigenvalue weighted by Gasteiger charge is 2.16. The number of hydrogen-bond acceptors (Lipinski definition) is 5. The third-order valence-electron chi connectivity index (χ3n) is 2.84. The van der Waals surface area contributed by atoms with Crippen LogP contribution in [-0.4, -0.2) is 16.8 Å². The van der Waals surface area contributed by atoms with Gasteiger partial charge in [-0.1, -0.05) is 26.2 Å². The van der Waals surface area contributed by atoms with Crippen LogP contribution in [0.2, 0.25) is 0 Å². The lowest BCUT2D eigenvalue weighted by Crippen LogP contribution is -2.05. The number of nitriles is 2. The molecule has 0 bridgehead atoms. The molecule has 1 aromatic carbocycles. The number of rotatable bonds is 6. The zero-order chi connectivity index (χ0) is 14.3. The molecule has 0 aliphatic rings. The number of unbranched alkanes of at least 4 members (excludes halogenated alkanes) is 3. The van der Waals surface area contributed by atoms with E-state index in [4.69, 9.17) is 10.5 Å². The molecule has 0 amide bonds. The SMILES string of the molecule is CCCCCCNc1c(C#N)cc(O)c(O)c1C#N. The summed E-state index contributed by atoms with van der Waals surface area (Å²) in [5, 5.41) is 40.1. The Hall–Kier alpha value is -2.40. The Morgan fingerprint density at radius 3 is 2.47 bits per heavy atom. The average molecular weight is 259 g/mol. The zero-order valence-corrected chi connectivity index (χ0v) is 10.9. The van der Waals surface area contributed by atoms with Crippen molar-refractivity contribution in [1.82, 2.24) is 0 Å². The molecule has 0 radical (unpaired) electrons. The summed E-state index contributed by atoms with van der Waals surface area (Å²) in [5.74, 6) is -0.942. The molecule has 0 aliphatic heterocycles. The Kier molecular flexibility index (Phi) is 5.50. The van der Waals surface area contributed by atoms with E-state index in [1.54, 1.807) is 0 Å². The normalized spacial score (nSPS) is 9.63. The summed E-state index contributed by atoms with van der Waals surface area (Å²) in [7, 11) is 0. The topological polar surface area (TPSA) is 100 Å². The van der Waals surface area contributed by atoms with Gasteiger partial charge in [-0.25, -0.2) is 0 Å². The van der Waals surface area contributed by atoms with Gasteiger partial charge in [0.25, 0.3) is 0 Å². The first-order valence-corrected chi connectivity index (χ1v) is 6.28. The van der Waals surface area contributed by atoms with Gasteiger partial charge in [0, 0.05) is 12.6 Å². The molecule has 0 aromatic heterocycles. The third-order valence-corrected chi connectivity index (χ3v) is 2.84. The van der Waals surface area contributed by atoms with Crippen molar-refractivity contribution >= 4 is 5.69 Å². The van der Waals surface area contributed by atoms with Gasteiger partial charge in [0.2, 0.25) is 0 Å². The minimum atomic E-state index is -0.488. The fourth-order valence-electron chi connectivity index (χ4n) is 1.80. The molecule has 0 atom stereocenters. The first-order chi connectivity index (χ1) is 9.15. The second-order valence-electron chi connectivity index (χ2n) is 4.25. The van der Waals surface area contributed by atoms with Gasteiger partial charge in [-0.05, 0) is 6.42 Å². The predicted octanol–water partition coefficient (Wildman–Crippen LogP) is 2.83. The lowest BCUT2D eigenvalue weighted by molar-refractivity contribution is 0.402. The molecular weight excluding hydrogens is 242 g/mol. The molecule has 19 heavy (non-hydrogen) atoms. The maximum absolute atomic E-state index is 9.62. The van der Waals surface area contributed by atoms with E-state index < -0.39 is 11.5 Å². The number of hydrogen-bond donors (Lipinski definition) is 3. The molecule has 5 nitrogen and oxygen atoms in total. The van der Waals surface area contributed by atoms with Crippen molar-refractivity contribution in [2.75, 3.05) is 11.9 Å². The van der Waals surface area contributed by atoms with Crippen LogP contribution in [0.5, 0.6) is 11.5 Å². The van der Waals surface area contributed by atoms with Crippen molar-refractivity contribution in [3.8, 4) is 23.6 Å². The first-order valence-electron chi connectivity index (χ1n) is 6.28. The van der Waals surface area contributed by atoms with Gasteiger partial charge < -0.3 is 15.5 Å². The first kappa shape index (κ1) is 14.7. The maximum Gasteiger partial charge on any atom is 0.177 e. The molecule has 0 unspecified atom stereocenters. The Bertz CT molecular complexity index is 527. The minimum absolute atomic E-state index is 0.0907. The molecule has 0 fully saturated rings. The van der Waals surface area contributed by atoms with Gasteiger partial charge in [-0.3, -0.25) is 0 Å². The number of nitrogens with one attached hydrogen (secondary N) is 1. The Labute approximate surface area is 112 Å². The van der Waals surface area contributed by atoms with E-state index in [0.717, 1.165) is 31.7 Å². The summed E-state index contributed by atoms with van der Waals surface area (Å²) in [4.78, 5) is 0. The van der Waals surface area contributed by atoms with Crippen LogP contribution >= 0.6 is 0 Å².